The fourth-order valence-corrected chi connectivity index (χ4v) is 11.7. The summed E-state index contributed by atoms with van der Waals surface area (Å²) >= 11 is 1.88. The summed E-state index contributed by atoms with van der Waals surface area (Å²) < 4.78 is 2.56. The minimum absolute atomic E-state index is 1.09. The molecule has 13 rings (SSSR count). The van der Waals surface area contributed by atoms with Crippen LogP contribution in [0, 0.1) is 0 Å². The lowest BCUT2D eigenvalue weighted by Gasteiger charge is -2.27. The molecule has 2 heteroatoms. The van der Waals surface area contributed by atoms with E-state index in [4.69, 9.17) is 0 Å². The number of hydrogen-bond donors (Lipinski definition) is 0. The first kappa shape index (κ1) is 41.4. The molecule has 0 atom stereocenters. The average molecular weight is 908 g/mol. The zero-order chi connectivity index (χ0) is 46.4. The summed E-state index contributed by atoms with van der Waals surface area (Å²) in [6.45, 7) is 0. The molecule has 0 N–H and O–H groups in total. The highest BCUT2D eigenvalue weighted by Gasteiger charge is 2.22. The van der Waals surface area contributed by atoms with Gasteiger partial charge in [-0.3, -0.25) is 0 Å². The predicted octanol–water partition coefficient (Wildman–Crippen LogP) is 19.8. The van der Waals surface area contributed by atoms with Crippen molar-refractivity contribution in [1.82, 2.24) is 0 Å². The van der Waals surface area contributed by atoms with E-state index in [-0.39, 0.29) is 0 Å². The standard InChI is InChI=1S/C68H45NS/c1-2-16-51(17-3-1)59-43-44-65(67-64-26-12-13-28-66(64)70-68(59)67)69(55-39-35-48(36-40-55)47-29-31-49(32-30-47)54-34-33-46-15-4-5-19-53(46)45-54)56-41-37-52(38-42-56)58-22-8-9-23-60(58)62-24-10-11-25-63(62)61-27-14-20-50-18-6-7-21-57(50)61/h1-45H. The van der Waals surface area contributed by atoms with Gasteiger partial charge in [-0.1, -0.05) is 231 Å². The molecular weight excluding hydrogens is 863 g/mol. The van der Waals surface area contributed by atoms with Crippen molar-refractivity contribution < 1.29 is 0 Å². The second kappa shape index (κ2) is 17.7. The Morgan fingerprint density at radius 3 is 1.44 bits per heavy atom. The topological polar surface area (TPSA) is 3.24 Å². The maximum atomic E-state index is 2.45. The molecule has 1 heterocycles. The van der Waals surface area contributed by atoms with E-state index >= 15 is 0 Å². The molecule has 0 saturated heterocycles. The molecule has 0 radical (unpaired) electrons. The second-order valence-electron chi connectivity index (χ2n) is 18.0. The summed E-state index contributed by atoms with van der Waals surface area (Å²) in [6, 6.07) is 99.9. The number of thiophene rings is 1. The number of nitrogens with zero attached hydrogens (tertiary/aromatic N) is 1. The Balaban J connectivity index is 0.919. The third kappa shape index (κ3) is 7.43. The summed E-state index contributed by atoms with van der Waals surface area (Å²) in [5.41, 5.74) is 17.9. The zero-order valence-corrected chi connectivity index (χ0v) is 39.2. The van der Waals surface area contributed by atoms with E-state index in [9.17, 15) is 0 Å². The van der Waals surface area contributed by atoms with Gasteiger partial charge in [-0.05, 0) is 131 Å². The van der Waals surface area contributed by atoms with Gasteiger partial charge in [-0.2, -0.15) is 0 Å². The number of benzene rings is 12. The molecule has 0 aliphatic carbocycles. The lowest BCUT2D eigenvalue weighted by Crippen LogP contribution is -2.10. The first-order chi connectivity index (χ1) is 34.7. The van der Waals surface area contributed by atoms with Crippen molar-refractivity contribution in [3.63, 3.8) is 0 Å². The van der Waals surface area contributed by atoms with Gasteiger partial charge in [0.25, 0.3) is 0 Å². The van der Waals surface area contributed by atoms with Crippen molar-refractivity contribution >= 4 is 70.1 Å². The van der Waals surface area contributed by atoms with Crippen LogP contribution in [0.25, 0.3) is 108 Å². The molecule has 0 aliphatic rings. The van der Waals surface area contributed by atoms with Crippen molar-refractivity contribution in [1.29, 1.82) is 0 Å². The summed E-state index contributed by atoms with van der Waals surface area (Å²) in [6.07, 6.45) is 0. The number of hydrogen-bond acceptors (Lipinski definition) is 2. The quantitative estimate of drug-likeness (QED) is 0.139. The van der Waals surface area contributed by atoms with E-state index in [2.05, 4.69) is 278 Å². The molecule has 0 amide bonds. The number of rotatable bonds is 9. The van der Waals surface area contributed by atoms with Crippen LogP contribution in [0.3, 0.4) is 0 Å². The van der Waals surface area contributed by atoms with Crippen LogP contribution >= 0.6 is 11.3 Å². The molecule has 1 aromatic heterocycles. The largest absolute Gasteiger partial charge is 0.310 e. The Morgan fingerprint density at radius 2 is 0.729 bits per heavy atom. The highest BCUT2D eigenvalue weighted by atomic mass is 32.1. The lowest BCUT2D eigenvalue weighted by atomic mass is 9.88. The molecule has 0 saturated carbocycles. The third-order valence-electron chi connectivity index (χ3n) is 13.9. The normalized spacial score (nSPS) is 11.4. The fourth-order valence-electron chi connectivity index (χ4n) is 10.5. The Kier molecular flexibility index (Phi) is 10.5. The smallest absolute Gasteiger partial charge is 0.0555 e. The van der Waals surface area contributed by atoms with E-state index in [1.54, 1.807) is 0 Å². The maximum absolute atomic E-state index is 2.45. The van der Waals surface area contributed by atoms with Crippen LogP contribution in [0.2, 0.25) is 0 Å². The number of fused-ring (bicyclic) bond motifs is 5. The number of anilines is 3. The van der Waals surface area contributed by atoms with E-state index in [0.717, 1.165) is 17.1 Å². The van der Waals surface area contributed by atoms with Crippen molar-refractivity contribution in [3.8, 4) is 66.8 Å². The molecule has 0 aliphatic heterocycles. The highest BCUT2D eigenvalue weighted by Crippen LogP contribution is 2.49. The predicted molar refractivity (Wildman–Crippen MR) is 302 cm³/mol. The first-order valence-corrected chi connectivity index (χ1v) is 24.8. The Bertz CT molecular complexity index is 4030. The van der Waals surface area contributed by atoms with Gasteiger partial charge in [0.2, 0.25) is 0 Å². The summed E-state index contributed by atoms with van der Waals surface area (Å²) in [5, 5.41) is 7.53. The van der Waals surface area contributed by atoms with Gasteiger partial charge >= 0.3 is 0 Å². The van der Waals surface area contributed by atoms with Gasteiger partial charge in [-0.25, -0.2) is 0 Å². The molecular formula is C68H45NS. The van der Waals surface area contributed by atoms with Crippen LogP contribution in [0.5, 0.6) is 0 Å². The summed E-state index contributed by atoms with van der Waals surface area (Å²) in [7, 11) is 0. The second-order valence-corrected chi connectivity index (χ2v) is 19.0. The first-order valence-electron chi connectivity index (χ1n) is 24.0. The van der Waals surface area contributed by atoms with E-state index < -0.39 is 0 Å². The molecule has 0 bridgehead atoms. The Labute approximate surface area is 412 Å². The third-order valence-corrected chi connectivity index (χ3v) is 15.1. The fraction of sp³-hybridized carbons (Fsp3) is 0. The van der Waals surface area contributed by atoms with E-state index in [1.165, 1.54) is 108 Å². The monoisotopic (exact) mass is 907 g/mol. The highest BCUT2D eigenvalue weighted by molar-refractivity contribution is 7.26. The van der Waals surface area contributed by atoms with Gasteiger partial charge < -0.3 is 4.90 Å². The van der Waals surface area contributed by atoms with Crippen LogP contribution in [0.1, 0.15) is 0 Å². The van der Waals surface area contributed by atoms with Crippen molar-refractivity contribution in [2.24, 2.45) is 0 Å². The molecule has 0 unspecified atom stereocenters. The van der Waals surface area contributed by atoms with Crippen LogP contribution < -0.4 is 4.90 Å². The SMILES string of the molecule is c1ccc(-c2ccc(N(c3ccc(-c4ccc(-c5ccc6ccccc6c5)cc4)cc3)c3ccc(-c4ccccc4-c4ccccc4-c4cccc5ccccc45)cc3)c3c2sc2ccccc23)cc1. The van der Waals surface area contributed by atoms with Crippen molar-refractivity contribution in [2.45, 2.75) is 0 Å². The molecule has 70 heavy (non-hydrogen) atoms. The van der Waals surface area contributed by atoms with Crippen LogP contribution in [-0.2, 0) is 0 Å². The van der Waals surface area contributed by atoms with E-state index in [0.29, 0.717) is 0 Å². The van der Waals surface area contributed by atoms with Gasteiger partial charge in [0.15, 0.2) is 0 Å². The van der Waals surface area contributed by atoms with Gasteiger partial charge in [0.05, 0.1) is 5.69 Å². The van der Waals surface area contributed by atoms with Crippen molar-refractivity contribution in [2.75, 3.05) is 4.90 Å². The van der Waals surface area contributed by atoms with Gasteiger partial charge in [0, 0.05) is 31.5 Å². The summed E-state index contributed by atoms with van der Waals surface area (Å²) in [4.78, 5) is 2.45. The Morgan fingerprint density at radius 1 is 0.257 bits per heavy atom. The van der Waals surface area contributed by atoms with Crippen molar-refractivity contribution in [3.05, 3.63) is 273 Å². The minimum Gasteiger partial charge on any atom is -0.310 e. The summed E-state index contributed by atoms with van der Waals surface area (Å²) in [5.74, 6) is 0. The maximum Gasteiger partial charge on any atom is 0.0555 e. The molecule has 328 valence electrons. The van der Waals surface area contributed by atoms with Crippen LogP contribution in [0.15, 0.2) is 273 Å². The van der Waals surface area contributed by atoms with E-state index in [1.807, 2.05) is 11.3 Å². The average Bonchev–Trinajstić information content (AvgIpc) is 3.84. The minimum atomic E-state index is 1.09. The zero-order valence-electron chi connectivity index (χ0n) is 38.3. The Hall–Kier alpha value is -8.82. The molecule has 0 fully saturated rings. The lowest BCUT2D eigenvalue weighted by molar-refractivity contribution is 1.30. The van der Waals surface area contributed by atoms with Crippen LogP contribution in [-0.4, -0.2) is 0 Å². The van der Waals surface area contributed by atoms with Gasteiger partial charge in [0.1, 0.15) is 0 Å². The molecule has 1 nitrogen and oxygen atoms in total. The molecule has 12 aromatic carbocycles. The molecule has 13 aromatic rings. The van der Waals surface area contributed by atoms with Gasteiger partial charge in [-0.15, -0.1) is 11.3 Å². The van der Waals surface area contributed by atoms with Crippen LogP contribution in [0.4, 0.5) is 17.1 Å². The molecule has 0 spiro atoms.